The summed E-state index contributed by atoms with van der Waals surface area (Å²) in [7, 11) is 0. The number of hydrogen-bond donors (Lipinski definition) is 1. The maximum absolute atomic E-state index is 12.3. The molecule has 0 unspecified atom stereocenters. The third kappa shape index (κ3) is 2.96. The molecule has 0 spiro atoms. The zero-order valence-electron chi connectivity index (χ0n) is 12.8. The smallest absolute Gasteiger partial charge is 0.261 e. The highest BCUT2D eigenvalue weighted by atomic mass is 16.2. The molecule has 5 nitrogen and oxygen atoms in total. The van der Waals surface area contributed by atoms with E-state index in [0.717, 1.165) is 0 Å². The molecule has 21 heavy (non-hydrogen) atoms. The standard InChI is InChI=1S/C16H20N2O3/c1-9(2)8-18-15(20)12-6-5-11(7-13(12)16(18)21)17-14(19)10(3)4/h5-7,9-10H,8H2,1-4H3,(H,17,19). The number of benzene rings is 1. The highest BCUT2D eigenvalue weighted by Gasteiger charge is 2.35. The topological polar surface area (TPSA) is 66.5 Å². The number of nitrogens with zero attached hydrogens (tertiary/aromatic N) is 1. The molecule has 0 atom stereocenters. The lowest BCUT2D eigenvalue weighted by Gasteiger charge is -2.15. The summed E-state index contributed by atoms with van der Waals surface area (Å²) >= 11 is 0. The Hall–Kier alpha value is -2.17. The van der Waals surface area contributed by atoms with E-state index < -0.39 is 0 Å². The maximum atomic E-state index is 12.3. The number of fused-ring (bicyclic) bond motifs is 1. The SMILES string of the molecule is CC(C)CN1C(=O)c2ccc(NC(=O)C(C)C)cc2C1=O. The third-order valence-electron chi connectivity index (χ3n) is 3.31. The van der Waals surface area contributed by atoms with E-state index in [1.54, 1.807) is 32.0 Å². The van der Waals surface area contributed by atoms with Crippen molar-refractivity contribution < 1.29 is 14.4 Å². The van der Waals surface area contributed by atoms with Crippen molar-refractivity contribution >= 4 is 23.4 Å². The van der Waals surface area contributed by atoms with Crippen molar-refractivity contribution in [1.29, 1.82) is 0 Å². The van der Waals surface area contributed by atoms with Gasteiger partial charge in [-0.3, -0.25) is 19.3 Å². The van der Waals surface area contributed by atoms with E-state index in [-0.39, 0.29) is 29.6 Å². The lowest BCUT2D eigenvalue weighted by molar-refractivity contribution is -0.118. The van der Waals surface area contributed by atoms with Crippen LogP contribution >= 0.6 is 0 Å². The summed E-state index contributed by atoms with van der Waals surface area (Å²) < 4.78 is 0. The fraction of sp³-hybridized carbons (Fsp3) is 0.438. The molecule has 0 aliphatic carbocycles. The van der Waals surface area contributed by atoms with Gasteiger partial charge in [0.15, 0.2) is 0 Å². The van der Waals surface area contributed by atoms with Gasteiger partial charge in [-0.1, -0.05) is 27.7 Å². The number of rotatable bonds is 4. The van der Waals surface area contributed by atoms with Gasteiger partial charge in [-0.2, -0.15) is 0 Å². The Balaban J connectivity index is 2.27. The number of carbonyl (C=O) groups is 3. The van der Waals surface area contributed by atoms with E-state index in [1.807, 2.05) is 13.8 Å². The van der Waals surface area contributed by atoms with Gasteiger partial charge in [-0.25, -0.2) is 0 Å². The highest BCUT2D eigenvalue weighted by Crippen LogP contribution is 2.26. The van der Waals surface area contributed by atoms with Gasteiger partial charge in [0, 0.05) is 18.2 Å². The molecule has 1 aliphatic heterocycles. The van der Waals surface area contributed by atoms with Crippen molar-refractivity contribution in [3.05, 3.63) is 29.3 Å². The molecule has 5 heteroatoms. The van der Waals surface area contributed by atoms with Gasteiger partial charge >= 0.3 is 0 Å². The number of imide groups is 1. The normalized spacial score (nSPS) is 14.1. The largest absolute Gasteiger partial charge is 0.326 e. The Morgan fingerprint density at radius 1 is 1.10 bits per heavy atom. The molecule has 0 radical (unpaired) electrons. The van der Waals surface area contributed by atoms with Gasteiger partial charge in [0.1, 0.15) is 0 Å². The van der Waals surface area contributed by atoms with Gasteiger partial charge in [0.2, 0.25) is 5.91 Å². The van der Waals surface area contributed by atoms with Crippen molar-refractivity contribution in [3.8, 4) is 0 Å². The quantitative estimate of drug-likeness (QED) is 0.866. The molecule has 0 saturated heterocycles. The molecular formula is C16H20N2O3. The average Bonchev–Trinajstić information content (AvgIpc) is 2.63. The summed E-state index contributed by atoms with van der Waals surface area (Å²) in [6, 6.07) is 4.84. The number of carbonyl (C=O) groups excluding carboxylic acids is 3. The molecule has 0 saturated carbocycles. The van der Waals surface area contributed by atoms with Crippen LogP contribution in [-0.4, -0.2) is 29.2 Å². The average molecular weight is 288 g/mol. The van der Waals surface area contributed by atoms with E-state index in [4.69, 9.17) is 0 Å². The molecule has 2 rings (SSSR count). The first-order chi connectivity index (χ1) is 9.81. The summed E-state index contributed by atoms with van der Waals surface area (Å²) in [6.45, 7) is 7.90. The van der Waals surface area contributed by atoms with E-state index in [2.05, 4.69) is 5.32 Å². The molecule has 1 aliphatic rings. The first-order valence-corrected chi connectivity index (χ1v) is 7.12. The van der Waals surface area contributed by atoms with E-state index in [0.29, 0.717) is 23.4 Å². The van der Waals surface area contributed by atoms with Crippen LogP contribution < -0.4 is 5.32 Å². The summed E-state index contributed by atoms with van der Waals surface area (Å²) in [5.41, 5.74) is 1.31. The molecule has 1 aromatic carbocycles. The van der Waals surface area contributed by atoms with Crippen LogP contribution in [0.3, 0.4) is 0 Å². The van der Waals surface area contributed by atoms with Crippen LogP contribution in [0.5, 0.6) is 0 Å². The predicted octanol–water partition coefficient (Wildman–Crippen LogP) is 2.53. The van der Waals surface area contributed by atoms with Gasteiger partial charge in [0.25, 0.3) is 11.8 Å². The summed E-state index contributed by atoms with van der Waals surface area (Å²) in [4.78, 5) is 37.5. The predicted molar refractivity (Wildman–Crippen MR) is 80.1 cm³/mol. The molecule has 3 amide bonds. The Labute approximate surface area is 124 Å². The second kappa shape index (κ2) is 5.68. The van der Waals surface area contributed by atoms with Crippen molar-refractivity contribution in [3.63, 3.8) is 0 Å². The van der Waals surface area contributed by atoms with Crippen LogP contribution in [0.4, 0.5) is 5.69 Å². The summed E-state index contributed by atoms with van der Waals surface area (Å²) in [6.07, 6.45) is 0. The molecular weight excluding hydrogens is 268 g/mol. The van der Waals surface area contributed by atoms with Gasteiger partial charge in [0.05, 0.1) is 11.1 Å². The molecule has 0 bridgehead atoms. The number of amides is 3. The van der Waals surface area contributed by atoms with Crippen LogP contribution in [-0.2, 0) is 4.79 Å². The van der Waals surface area contributed by atoms with Gasteiger partial charge < -0.3 is 5.32 Å². The minimum atomic E-state index is -0.288. The molecule has 0 aromatic heterocycles. The first kappa shape index (κ1) is 15.2. The van der Waals surface area contributed by atoms with Crippen molar-refractivity contribution in [1.82, 2.24) is 4.90 Å². The lowest BCUT2D eigenvalue weighted by atomic mass is 10.1. The van der Waals surface area contributed by atoms with Crippen LogP contribution in [0.15, 0.2) is 18.2 Å². The van der Waals surface area contributed by atoms with Crippen molar-refractivity contribution in [2.24, 2.45) is 11.8 Å². The van der Waals surface area contributed by atoms with Crippen LogP contribution in [0.25, 0.3) is 0 Å². The summed E-state index contributed by atoms with van der Waals surface area (Å²) in [5.74, 6) is -0.596. The molecule has 1 N–H and O–H groups in total. The maximum Gasteiger partial charge on any atom is 0.261 e. The highest BCUT2D eigenvalue weighted by molar-refractivity contribution is 6.21. The van der Waals surface area contributed by atoms with E-state index >= 15 is 0 Å². The number of nitrogens with one attached hydrogen (secondary N) is 1. The van der Waals surface area contributed by atoms with Gasteiger partial charge in [-0.15, -0.1) is 0 Å². The second-order valence-corrected chi connectivity index (χ2v) is 6.02. The zero-order valence-corrected chi connectivity index (χ0v) is 12.8. The molecule has 112 valence electrons. The third-order valence-corrected chi connectivity index (χ3v) is 3.31. The Morgan fingerprint density at radius 2 is 1.71 bits per heavy atom. The second-order valence-electron chi connectivity index (χ2n) is 6.02. The number of hydrogen-bond acceptors (Lipinski definition) is 3. The fourth-order valence-corrected chi connectivity index (χ4v) is 2.19. The Bertz CT molecular complexity index is 606. The van der Waals surface area contributed by atoms with Crippen molar-refractivity contribution in [2.45, 2.75) is 27.7 Å². The van der Waals surface area contributed by atoms with Crippen LogP contribution in [0.2, 0.25) is 0 Å². The molecule has 0 fully saturated rings. The minimum Gasteiger partial charge on any atom is -0.326 e. The van der Waals surface area contributed by atoms with Gasteiger partial charge in [-0.05, 0) is 24.1 Å². The monoisotopic (exact) mass is 288 g/mol. The Morgan fingerprint density at radius 3 is 2.29 bits per heavy atom. The van der Waals surface area contributed by atoms with E-state index in [9.17, 15) is 14.4 Å². The summed E-state index contributed by atoms with van der Waals surface area (Å²) in [5, 5.41) is 2.74. The first-order valence-electron chi connectivity index (χ1n) is 7.12. The Kier molecular flexibility index (Phi) is 4.11. The molecule has 1 heterocycles. The minimum absolute atomic E-state index is 0.120. The van der Waals surface area contributed by atoms with Crippen molar-refractivity contribution in [2.75, 3.05) is 11.9 Å². The lowest BCUT2D eigenvalue weighted by Crippen LogP contribution is -2.33. The molecule has 1 aromatic rings. The fourth-order valence-electron chi connectivity index (χ4n) is 2.19. The van der Waals surface area contributed by atoms with Crippen LogP contribution in [0.1, 0.15) is 48.4 Å². The zero-order chi connectivity index (χ0) is 15.7. The van der Waals surface area contributed by atoms with E-state index in [1.165, 1.54) is 4.90 Å². The number of anilines is 1. The van der Waals surface area contributed by atoms with Crippen LogP contribution in [0, 0.1) is 11.8 Å².